The second-order valence-electron chi connectivity index (χ2n) is 6.73. The van der Waals surface area contributed by atoms with Crippen LogP contribution in [0.5, 0.6) is 0 Å². The van der Waals surface area contributed by atoms with E-state index in [0.29, 0.717) is 11.4 Å². The summed E-state index contributed by atoms with van der Waals surface area (Å²) in [5.41, 5.74) is 13.8. The first kappa shape index (κ1) is 17.0. The van der Waals surface area contributed by atoms with Gasteiger partial charge >= 0.3 is 0 Å². The summed E-state index contributed by atoms with van der Waals surface area (Å²) >= 11 is 0. The van der Waals surface area contributed by atoms with Crippen molar-refractivity contribution in [3.05, 3.63) is 18.0 Å². The monoisotopic (exact) mass is 307 g/mol. The molecular weight excluding hydrogens is 276 g/mol. The molecule has 5 nitrogen and oxygen atoms in total. The number of quaternary nitrogens is 1. The van der Waals surface area contributed by atoms with E-state index in [2.05, 4.69) is 12.0 Å². The number of anilines is 2. The van der Waals surface area contributed by atoms with Gasteiger partial charge in [-0.3, -0.25) is 4.98 Å². The number of aromatic nitrogens is 1. The molecule has 0 bridgehead atoms. The minimum atomic E-state index is 0.617. The van der Waals surface area contributed by atoms with Gasteiger partial charge in [-0.25, -0.2) is 0 Å². The zero-order chi connectivity index (χ0) is 15.8. The molecule has 0 aromatic carbocycles. The van der Waals surface area contributed by atoms with E-state index in [1.165, 1.54) is 43.4 Å². The quantitative estimate of drug-likeness (QED) is 0.570. The van der Waals surface area contributed by atoms with E-state index < -0.39 is 0 Å². The van der Waals surface area contributed by atoms with Crippen LogP contribution < -0.4 is 11.5 Å². The molecule has 0 spiro atoms. The van der Waals surface area contributed by atoms with E-state index in [-0.39, 0.29) is 0 Å². The molecule has 1 aromatic rings. The standard InChI is InChI=1S/C17H31N4O/c1-21(8-3-2-4-9-21)10-6-12-22-11-5-7-17-16(19)13-15(18)14-20-17/h13-14H,2-12,18-19H2,1H3/q+1. The van der Waals surface area contributed by atoms with Crippen molar-refractivity contribution in [3.63, 3.8) is 0 Å². The lowest BCUT2D eigenvalue weighted by molar-refractivity contribution is -0.914. The lowest BCUT2D eigenvalue weighted by atomic mass is 10.1. The largest absolute Gasteiger partial charge is 0.397 e. The normalized spacial score (nSPS) is 17.5. The van der Waals surface area contributed by atoms with Gasteiger partial charge in [0.2, 0.25) is 0 Å². The van der Waals surface area contributed by atoms with Crippen molar-refractivity contribution < 1.29 is 9.22 Å². The van der Waals surface area contributed by atoms with Gasteiger partial charge in [-0.1, -0.05) is 0 Å². The van der Waals surface area contributed by atoms with E-state index in [9.17, 15) is 0 Å². The first-order valence-electron chi connectivity index (χ1n) is 8.50. The molecule has 1 aliphatic heterocycles. The van der Waals surface area contributed by atoms with Crippen molar-refractivity contribution in [1.29, 1.82) is 0 Å². The fourth-order valence-corrected chi connectivity index (χ4v) is 3.23. The third kappa shape index (κ3) is 5.46. The number of hydrogen-bond acceptors (Lipinski definition) is 4. The Hall–Kier alpha value is -1.33. The predicted octanol–water partition coefficient (Wildman–Crippen LogP) is 2.22. The molecule has 22 heavy (non-hydrogen) atoms. The highest BCUT2D eigenvalue weighted by Gasteiger charge is 2.23. The Bertz CT molecular complexity index is 458. The van der Waals surface area contributed by atoms with E-state index >= 15 is 0 Å². The van der Waals surface area contributed by atoms with Gasteiger partial charge < -0.3 is 20.7 Å². The number of piperidine rings is 1. The average Bonchev–Trinajstić information content (AvgIpc) is 2.49. The second kappa shape index (κ2) is 8.34. The summed E-state index contributed by atoms with van der Waals surface area (Å²) in [6.45, 7) is 5.55. The number of aryl methyl sites for hydroxylation is 1. The maximum atomic E-state index is 5.90. The van der Waals surface area contributed by atoms with Crippen LogP contribution in [0.15, 0.2) is 12.3 Å². The topological polar surface area (TPSA) is 74.2 Å². The molecule has 2 rings (SSSR count). The Morgan fingerprint density at radius 2 is 1.86 bits per heavy atom. The van der Waals surface area contributed by atoms with Crippen LogP contribution in [0.2, 0.25) is 0 Å². The number of ether oxygens (including phenoxy) is 1. The van der Waals surface area contributed by atoms with Gasteiger partial charge in [0.15, 0.2) is 0 Å². The molecular formula is C17H31N4O+. The highest BCUT2D eigenvalue weighted by Crippen LogP contribution is 2.17. The number of nitrogens with two attached hydrogens (primary N) is 2. The number of nitrogens with zero attached hydrogens (tertiary/aromatic N) is 2. The molecule has 4 N–H and O–H groups in total. The third-order valence-corrected chi connectivity index (χ3v) is 4.61. The minimum Gasteiger partial charge on any atom is -0.397 e. The second-order valence-corrected chi connectivity index (χ2v) is 6.73. The molecule has 0 aliphatic carbocycles. The number of rotatable bonds is 8. The summed E-state index contributed by atoms with van der Waals surface area (Å²) in [7, 11) is 2.38. The summed E-state index contributed by atoms with van der Waals surface area (Å²) in [6.07, 6.45) is 8.79. The first-order chi connectivity index (χ1) is 10.6. The smallest absolute Gasteiger partial charge is 0.0806 e. The SMILES string of the molecule is C[N+]1(CCCOCCCc2ncc(N)cc2N)CCCCC1. The zero-order valence-corrected chi connectivity index (χ0v) is 13.9. The van der Waals surface area contributed by atoms with Gasteiger partial charge in [0.1, 0.15) is 0 Å². The maximum absolute atomic E-state index is 5.90. The fraction of sp³-hybridized carbons (Fsp3) is 0.706. The molecule has 1 aliphatic rings. The van der Waals surface area contributed by atoms with E-state index in [0.717, 1.165) is 38.2 Å². The van der Waals surface area contributed by atoms with Crippen LogP contribution in [-0.2, 0) is 11.2 Å². The summed E-state index contributed by atoms with van der Waals surface area (Å²) in [4.78, 5) is 4.27. The average molecular weight is 307 g/mol. The summed E-state index contributed by atoms with van der Waals surface area (Å²) in [5.74, 6) is 0. The van der Waals surface area contributed by atoms with Crippen LogP contribution in [0, 0.1) is 0 Å². The fourth-order valence-electron chi connectivity index (χ4n) is 3.23. The third-order valence-electron chi connectivity index (χ3n) is 4.61. The van der Waals surface area contributed by atoms with E-state index in [1.807, 2.05) is 0 Å². The summed E-state index contributed by atoms with van der Waals surface area (Å²) in [5, 5.41) is 0. The van der Waals surface area contributed by atoms with Gasteiger partial charge in [0.05, 0.1) is 56.6 Å². The van der Waals surface area contributed by atoms with E-state index in [1.54, 1.807) is 12.3 Å². The zero-order valence-electron chi connectivity index (χ0n) is 13.9. The Morgan fingerprint density at radius 3 is 2.59 bits per heavy atom. The highest BCUT2D eigenvalue weighted by molar-refractivity contribution is 5.52. The molecule has 5 heteroatoms. The van der Waals surface area contributed by atoms with Gasteiger partial charge in [-0.05, 0) is 38.2 Å². The van der Waals surface area contributed by atoms with Crippen molar-refractivity contribution in [2.45, 2.75) is 38.5 Å². The van der Waals surface area contributed by atoms with Crippen molar-refractivity contribution in [2.24, 2.45) is 0 Å². The molecule has 1 saturated heterocycles. The molecule has 1 aromatic heterocycles. The van der Waals surface area contributed by atoms with Gasteiger partial charge in [0, 0.05) is 13.0 Å². The maximum Gasteiger partial charge on any atom is 0.0806 e. The Morgan fingerprint density at radius 1 is 1.14 bits per heavy atom. The van der Waals surface area contributed by atoms with Crippen LogP contribution in [0.3, 0.4) is 0 Å². The van der Waals surface area contributed by atoms with Crippen molar-refractivity contribution in [1.82, 2.24) is 4.98 Å². The van der Waals surface area contributed by atoms with Gasteiger partial charge in [0.25, 0.3) is 0 Å². The Balaban J connectivity index is 1.54. The van der Waals surface area contributed by atoms with Crippen LogP contribution >= 0.6 is 0 Å². The molecule has 0 amide bonds. The summed E-state index contributed by atoms with van der Waals surface area (Å²) < 4.78 is 6.98. The lowest BCUT2D eigenvalue weighted by Gasteiger charge is -2.37. The predicted molar refractivity (Wildman–Crippen MR) is 91.5 cm³/mol. The molecule has 0 unspecified atom stereocenters. The van der Waals surface area contributed by atoms with Gasteiger partial charge in [-0.15, -0.1) is 0 Å². The van der Waals surface area contributed by atoms with Crippen molar-refractivity contribution >= 4 is 11.4 Å². The number of pyridine rings is 1. The van der Waals surface area contributed by atoms with Crippen molar-refractivity contribution in [3.8, 4) is 0 Å². The number of nitrogen functional groups attached to an aromatic ring is 2. The van der Waals surface area contributed by atoms with Gasteiger partial charge in [-0.2, -0.15) is 0 Å². The summed E-state index contributed by atoms with van der Waals surface area (Å²) in [6, 6.07) is 1.77. The minimum absolute atomic E-state index is 0.617. The molecule has 0 radical (unpaired) electrons. The van der Waals surface area contributed by atoms with Crippen LogP contribution in [0.4, 0.5) is 11.4 Å². The molecule has 0 saturated carbocycles. The molecule has 2 heterocycles. The molecule has 0 atom stereocenters. The Kier molecular flexibility index (Phi) is 6.46. The Labute approximate surface area is 134 Å². The lowest BCUT2D eigenvalue weighted by Crippen LogP contribution is -2.48. The van der Waals surface area contributed by atoms with Crippen molar-refractivity contribution in [2.75, 3.05) is 51.4 Å². The highest BCUT2D eigenvalue weighted by atomic mass is 16.5. The first-order valence-corrected chi connectivity index (χ1v) is 8.50. The van der Waals surface area contributed by atoms with Crippen LogP contribution in [0.1, 0.15) is 37.8 Å². The van der Waals surface area contributed by atoms with Crippen LogP contribution in [0.25, 0.3) is 0 Å². The van der Waals surface area contributed by atoms with Crippen LogP contribution in [-0.4, -0.2) is 49.4 Å². The number of hydrogen-bond donors (Lipinski definition) is 2. The molecule has 124 valence electrons. The number of likely N-dealkylation sites (tertiary alicyclic amines) is 1. The van der Waals surface area contributed by atoms with E-state index in [4.69, 9.17) is 16.2 Å². The molecule has 1 fully saturated rings.